The highest BCUT2D eigenvalue weighted by molar-refractivity contribution is 8.00. The fourth-order valence-corrected chi connectivity index (χ4v) is 6.06. The van der Waals surface area contributed by atoms with Gasteiger partial charge in [-0.1, -0.05) is 68.1 Å². The SMILES string of the molecule is CCc1ccccc1NC(=O)C(CC)Sc1nc2ccccc2c(=O)n1Cc1ccc(C(=O)NCC2CCCO2)cc1. The lowest BCUT2D eigenvalue weighted by atomic mass is 10.1. The molecule has 2 amide bonds. The zero-order valence-electron chi connectivity index (χ0n) is 24.0. The molecule has 2 heterocycles. The Morgan fingerprint density at radius 1 is 1.05 bits per heavy atom. The van der Waals surface area contributed by atoms with Gasteiger partial charge in [0, 0.05) is 24.4 Å². The summed E-state index contributed by atoms with van der Waals surface area (Å²) in [5.41, 5.74) is 3.67. The molecule has 1 aliphatic heterocycles. The number of carbonyl (C=O) groups is 2. The van der Waals surface area contributed by atoms with Crippen molar-refractivity contribution in [2.75, 3.05) is 18.5 Å². The minimum absolute atomic E-state index is 0.0758. The summed E-state index contributed by atoms with van der Waals surface area (Å²) in [6, 6.07) is 22.3. The van der Waals surface area contributed by atoms with Crippen LogP contribution in [0.5, 0.6) is 0 Å². The van der Waals surface area contributed by atoms with Crippen molar-refractivity contribution in [2.45, 2.75) is 62.6 Å². The van der Waals surface area contributed by atoms with Crippen LogP contribution in [0, 0.1) is 0 Å². The van der Waals surface area contributed by atoms with Gasteiger partial charge in [0.1, 0.15) is 0 Å². The van der Waals surface area contributed by atoms with E-state index in [0.29, 0.717) is 34.6 Å². The van der Waals surface area contributed by atoms with Crippen LogP contribution in [0.1, 0.15) is 54.6 Å². The number of fused-ring (bicyclic) bond motifs is 1. The first-order valence-corrected chi connectivity index (χ1v) is 15.4. The maximum absolute atomic E-state index is 13.7. The quantitative estimate of drug-likeness (QED) is 0.180. The highest BCUT2D eigenvalue weighted by Crippen LogP contribution is 2.27. The van der Waals surface area contributed by atoms with Gasteiger partial charge in [-0.05, 0) is 67.1 Å². The van der Waals surface area contributed by atoms with E-state index in [0.717, 1.165) is 42.7 Å². The molecule has 3 aromatic carbocycles. The lowest BCUT2D eigenvalue weighted by Crippen LogP contribution is -2.31. The van der Waals surface area contributed by atoms with E-state index >= 15 is 0 Å². The molecule has 2 N–H and O–H groups in total. The predicted octanol–water partition coefficient (Wildman–Crippen LogP) is 5.43. The molecule has 9 heteroatoms. The van der Waals surface area contributed by atoms with Crippen molar-refractivity contribution in [3.05, 3.63) is 99.8 Å². The van der Waals surface area contributed by atoms with Crippen molar-refractivity contribution in [1.29, 1.82) is 0 Å². The zero-order chi connectivity index (χ0) is 29.5. The van der Waals surface area contributed by atoms with Crippen molar-refractivity contribution in [1.82, 2.24) is 14.9 Å². The molecule has 5 rings (SSSR count). The Morgan fingerprint density at radius 2 is 1.81 bits per heavy atom. The Bertz CT molecular complexity index is 1610. The third-order valence-electron chi connectivity index (χ3n) is 7.46. The van der Waals surface area contributed by atoms with Gasteiger partial charge >= 0.3 is 0 Å². The van der Waals surface area contributed by atoms with Crippen LogP contribution in [0.15, 0.2) is 82.7 Å². The molecule has 0 aliphatic carbocycles. The van der Waals surface area contributed by atoms with E-state index in [-0.39, 0.29) is 30.0 Å². The van der Waals surface area contributed by atoms with Crippen LogP contribution >= 0.6 is 11.8 Å². The molecule has 4 aromatic rings. The second kappa shape index (κ2) is 13.8. The largest absolute Gasteiger partial charge is 0.376 e. The molecule has 218 valence electrons. The number of rotatable bonds is 11. The second-order valence-electron chi connectivity index (χ2n) is 10.4. The smallest absolute Gasteiger partial charge is 0.262 e. The third kappa shape index (κ3) is 6.91. The average molecular weight is 585 g/mol. The molecule has 2 atom stereocenters. The standard InChI is InChI=1S/C33H36N4O4S/c1-3-23-10-5-7-13-27(23)35-31(39)29(4-2)42-33-36-28-14-8-6-12-26(28)32(40)37(33)21-22-15-17-24(18-16-22)30(38)34-20-25-11-9-19-41-25/h5-8,10,12-18,25,29H,3-4,9,11,19-21H2,1-2H3,(H,34,38)(H,35,39). The molecule has 1 saturated heterocycles. The Hall–Kier alpha value is -3.95. The highest BCUT2D eigenvalue weighted by atomic mass is 32.2. The second-order valence-corrected chi connectivity index (χ2v) is 11.5. The number of carbonyl (C=O) groups excluding carboxylic acids is 2. The molecule has 0 saturated carbocycles. The van der Waals surface area contributed by atoms with Crippen LogP contribution in [0.4, 0.5) is 5.69 Å². The van der Waals surface area contributed by atoms with E-state index in [2.05, 4.69) is 17.6 Å². The van der Waals surface area contributed by atoms with E-state index in [9.17, 15) is 14.4 Å². The van der Waals surface area contributed by atoms with E-state index in [4.69, 9.17) is 9.72 Å². The fraction of sp³-hybridized carbons (Fsp3) is 0.333. The topological polar surface area (TPSA) is 102 Å². The molecule has 1 aromatic heterocycles. The van der Waals surface area contributed by atoms with Crippen LogP contribution in [-0.2, 0) is 22.5 Å². The van der Waals surface area contributed by atoms with Gasteiger partial charge in [0.2, 0.25) is 5.91 Å². The van der Waals surface area contributed by atoms with E-state index < -0.39 is 5.25 Å². The third-order valence-corrected chi connectivity index (χ3v) is 8.82. The van der Waals surface area contributed by atoms with Crippen LogP contribution < -0.4 is 16.2 Å². The maximum atomic E-state index is 13.7. The average Bonchev–Trinajstić information content (AvgIpc) is 3.55. The first-order chi connectivity index (χ1) is 20.5. The monoisotopic (exact) mass is 584 g/mol. The van der Waals surface area contributed by atoms with Gasteiger partial charge in [0.25, 0.3) is 11.5 Å². The number of para-hydroxylation sites is 2. The summed E-state index contributed by atoms with van der Waals surface area (Å²) in [6.07, 6.45) is 3.42. The number of aromatic nitrogens is 2. The first kappa shape index (κ1) is 29.5. The summed E-state index contributed by atoms with van der Waals surface area (Å²) in [4.78, 5) is 44.5. The molecule has 1 aliphatic rings. The van der Waals surface area contributed by atoms with Crippen molar-refractivity contribution < 1.29 is 14.3 Å². The molecule has 0 radical (unpaired) electrons. The van der Waals surface area contributed by atoms with E-state index in [1.807, 2.05) is 61.5 Å². The first-order valence-electron chi connectivity index (χ1n) is 14.5. The molecular formula is C33H36N4O4S. The number of aryl methyl sites for hydroxylation is 1. The van der Waals surface area contributed by atoms with Crippen molar-refractivity contribution in [3.8, 4) is 0 Å². The molecular weight excluding hydrogens is 548 g/mol. The summed E-state index contributed by atoms with van der Waals surface area (Å²) in [5.74, 6) is -0.282. The number of ether oxygens (including phenoxy) is 1. The number of nitrogens with zero attached hydrogens (tertiary/aromatic N) is 2. The van der Waals surface area contributed by atoms with Crippen LogP contribution in [0.2, 0.25) is 0 Å². The van der Waals surface area contributed by atoms with Crippen molar-refractivity contribution >= 4 is 40.2 Å². The normalized spacial score (nSPS) is 15.4. The Kier molecular flexibility index (Phi) is 9.71. The van der Waals surface area contributed by atoms with Gasteiger partial charge < -0.3 is 15.4 Å². The fourth-order valence-electron chi connectivity index (χ4n) is 5.05. The van der Waals surface area contributed by atoms with Crippen LogP contribution in [0.25, 0.3) is 10.9 Å². The number of hydrogen-bond donors (Lipinski definition) is 2. The van der Waals surface area contributed by atoms with Gasteiger partial charge in [0.15, 0.2) is 5.16 Å². The number of amides is 2. The Labute approximate surface area is 249 Å². The highest BCUT2D eigenvalue weighted by Gasteiger charge is 2.23. The number of thioether (sulfide) groups is 1. The van der Waals surface area contributed by atoms with Gasteiger partial charge in [-0.3, -0.25) is 19.0 Å². The lowest BCUT2D eigenvalue weighted by molar-refractivity contribution is -0.115. The molecule has 0 bridgehead atoms. The van der Waals surface area contributed by atoms with Crippen molar-refractivity contribution in [3.63, 3.8) is 0 Å². The van der Waals surface area contributed by atoms with Crippen molar-refractivity contribution in [2.24, 2.45) is 0 Å². The predicted molar refractivity (Wildman–Crippen MR) is 167 cm³/mol. The van der Waals surface area contributed by atoms with Gasteiger partial charge in [0.05, 0.1) is 28.8 Å². The summed E-state index contributed by atoms with van der Waals surface area (Å²) in [6.45, 7) is 5.51. The number of hydrogen-bond acceptors (Lipinski definition) is 6. The summed E-state index contributed by atoms with van der Waals surface area (Å²) in [7, 11) is 0. The minimum Gasteiger partial charge on any atom is -0.376 e. The summed E-state index contributed by atoms with van der Waals surface area (Å²) in [5, 5.41) is 6.55. The number of nitrogens with one attached hydrogen (secondary N) is 2. The van der Waals surface area contributed by atoms with Gasteiger partial charge in [-0.25, -0.2) is 4.98 Å². The van der Waals surface area contributed by atoms with E-state index in [1.54, 1.807) is 22.8 Å². The zero-order valence-corrected chi connectivity index (χ0v) is 24.8. The van der Waals surface area contributed by atoms with Gasteiger partial charge in [-0.2, -0.15) is 0 Å². The van der Waals surface area contributed by atoms with Crippen LogP contribution in [0.3, 0.4) is 0 Å². The molecule has 8 nitrogen and oxygen atoms in total. The van der Waals surface area contributed by atoms with Crippen LogP contribution in [-0.4, -0.2) is 45.9 Å². The number of benzene rings is 3. The Morgan fingerprint density at radius 3 is 2.55 bits per heavy atom. The molecule has 0 spiro atoms. The molecule has 1 fully saturated rings. The lowest BCUT2D eigenvalue weighted by Gasteiger charge is -2.19. The van der Waals surface area contributed by atoms with E-state index in [1.165, 1.54) is 11.8 Å². The summed E-state index contributed by atoms with van der Waals surface area (Å²) < 4.78 is 7.21. The Balaban J connectivity index is 1.37. The maximum Gasteiger partial charge on any atom is 0.262 e. The molecule has 2 unspecified atom stereocenters. The summed E-state index contributed by atoms with van der Waals surface area (Å²) >= 11 is 1.29. The number of anilines is 1. The minimum atomic E-state index is -0.454. The molecule has 42 heavy (non-hydrogen) atoms. The van der Waals surface area contributed by atoms with Gasteiger partial charge in [-0.15, -0.1) is 0 Å².